The highest BCUT2D eigenvalue weighted by molar-refractivity contribution is 7.91. The first kappa shape index (κ1) is 17.5. The van der Waals surface area contributed by atoms with E-state index in [1.165, 1.54) is 0 Å². The molecule has 5 nitrogen and oxygen atoms in total. The summed E-state index contributed by atoms with van der Waals surface area (Å²) in [6.45, 7) is 5.80. The molecule has 0 unspecified atom stereocenters. The largest absolute Gasteiger partial charge is 0.383 e. The molecule has 1 aromatic rings. The molecule has 0 radical (unpaired) electrons. The van der Waals surface area contributed by atoms with Crippen molar-refractivity contribution in [2.24, 2.45) is 5.41 Å². The Morgan fingerprint density at radius 1 is 1.24 bits per heavy atom. The van der Waals surface area contributed by atoms with E-state index in [1.54, 1.807) is 31.3 Å². The summed E-state index contributed by atoms with van der Waals surface area (Å²) in [4.78, 5) is 12.1. The molecule has 0 aromatic heterocycles. The number of hydrogen-bond acceptors (Lipinski definition) is 4. The van der Waals surface area contributed by atoms with Gasteiger partial charge in [-0.25, -0.2) is 8.42 Å². The van der Waals surface area contributed by atoms with Crippen molar-refractivity contribution >= 4 is 21.4 Å². The lowest BCUT2D eigenvalue weighted by atomic mass is 9.92. The first-order chi connectivity index (χ1) is 9.74. The van der Waals surface area contributed by atoms with Crippen molar-refractivity contribution in [2.75, 3.05) is 24.7 Å². The Hall–Kier alpha value is -1.56. The smallest absolute Gasteiger partial charge is 0.227 e. The van der Waals surface area contributed by atoms with Gasteiger partial charge >= 0.3 is 0 Å². The highest BCUT2D eigenvalue weighted by Crippen LogP contribution is 2.24. The van der Waals surface area contributed by atoms with Gasteiger partial charge in [-0.2, -0.15) is 0 Å². The van der Waals surface area contributed by atoms with E-state index >= 15 is 0 Å². The molecule has 0 heterocycles. The zero-order chi connectivity index (χ0) is 16.1. The second-order valence-electron chi connectivity index (χ2n) is 5.63. The van der Waals surface area contributed by atoms with Gasteiger partial charge in [0.15, 0.2) is 9.84 Å². The Labute approximate surface area is 127 Å². The van der Waals surface area contributed by atoms with Crippen LogP contribution in [0, 0.1) is 5.41 Å². The van der Waals surface area contributed by atoms with E-state index in [1.807, 2.05) is 20.8 Å². The minimum Gasteiger partial charge on any atom is -0.383 e. The maximum atomic E-state index is 12.2. The third-order valence-electron chi connectivity index (χ3n) is 3.26. The van der Waals surface area contributed by atoms with Crippen LogP contribution in [0.25, 0.3) is 0 Å². The third kappa shape index (κ3) is 4.46. The summed E-state index contributed by atoms with van der Waals surface area (Å²) in [6.07, 6.45) is 0.570. The minimum atomic E-state index is -3.30. The zero-order valence-electron chi connectivity index (χ0n) is 13.1. The monoisotopic (exact) mass is 312 g/mol. The first-order valence-corrected chi connectivity index (χ1v) is 8.67. The normalized spacial score (nSPS) is 12.0. The van der Waals surface area contributed by atoms with Crippen LogP contribution in [0.3, 0.4) is 0 Å². The van der Waals surface area contributed by atoms with E-state index < -0.39 is 15.3 Å². The Morgan fingerprint density at radius 2 is 1.86 bits per heavy atom. The SMILES string of the molecule is CCCS(=O)(=O)c1ccccc1NCC(C)(C)C(=O)NC. The molecule has 0 fully saturated rings. The molecule has 6 heteroatoms. The van der Waals surface area contributed by atoms with Gasteiger partial charge in [-0.1, -0.05) is 19.1 Å². The van der Waals surface area contributed by atoms with E-state index in [9.17, 15) is 13.2 Å². The van der Waals surface area contributed by atoms with Crippen molar-refractivity contribution in [1.82, 2.24) is 5.32 Å². The molecule has 0 spiro atoms. The van der Waals surface area contributed by atoms with Gasteiger partial charge in [0.25, 0.3) is 0 Å². The fourth-order valence-electron chi connectivity index (χ4n) is 2.00. The molecular weight excluding hydrogens is 288 g/mol. The van der Waals surface area contributed by atoms with E-state index in [2.05, 4.69) is 10.6 Å². The van der Waals surface area contributed by atoms with Crippen LogP contribution in [0.5, 0.6) is 0 Å². The first-order valence-electron chi connectivity index (χ1n) is 7.02. The van der Waals surface area contributed by atoms with Crippen molar-refractivity contribution < 1.29 is 13.2 Å². The van der Waals surface area contributed by atoms with Crippen LogP contribution in [0.4, 0.5) is 5.69 Å². The molecule has 0 saturated carbocycles. The molecule has 0 saturated heterocycles. The zero-order valence-corrected chi connectivity index (χ0v) is 13.9. The second-order valence-corrected chi connectivity index (χ2v) is 7.71. The molecule has 0 bridgehead atoms. The lowest BCUT2D eigenvalue weighted by Gasteiger charge is -2.24. The Balaban J connectivity index is 2.98. The number of hydrogen-bond donors (Lipinski definition) is 2. The summed E-state index contributed by atoms with van der Waals surface area (Å²) in [5.74, 6) is 0.0220. The quantitative estimate of drug-likeness (QED) is 0.808. The van der Waals surface area contributed by atoms with Crippen LogP contribution in [-0.4, -0.2) is 33.7 Å². The summed E-state index contributed by atoms with van der Waals surface area (Å²) >= 11 is 0. The number of para-hydroxylation sites is 1. The summed E-state index contributed by atoms with van der Waals surface area (Å²) in [7, 11) is -1.71. The van der Waals surface area contributed by atoms with Crippen LogP contribution < -0.4 is 10.6 Å². The Morgan fingerprint density at radius 3 is 2.43 bits per heavy atom. The number of rotatable bonds is 7. The van der Waals surface area contributed by atoms with Gasteiger partial charge in [-0.3, -0.25) is 4.79 Å². The highest BCUT2D eigenvalue weighted by Gasteiger charge is 2.27. The summed E-state index contributed by atoms with van der Waals surface area (Å²) in [5, 5.41) is 5.70. The van der Waals surface area contributed by atoms with E-state index in [-0.39, 0.29) is 11.7 Å². The van der Waals surface area contributed by atoms with Crippen molar-refractivity contribution in [3.05, 3.63) is 24.3 Å². The van der Waals surface area contributed by atoms with Crippen molar-refractivity contribution in [3.8, 4) is 0 Å². The number of nitrogens with one attached hydrogen (secondary N) is 2. The highest BCUT2D eigenvalue weighted by atomic mass is 32.2. The predicted octanol–water partition coefficient (Wildman–Crippen LogP) is 2.05. The third-order valence-corrected chi connectivity index (χ3v) is 5.23. The predicted molar refractivity (Wildman–Crippen MR) is 85.1 cm³/mol. The molecule has 2 N–H and O–H groups in total. The summed E-state index contributed by atoms with van der Waals surface area (Å²) < 4.78 is 24.5. The van der Waals surface area contributed by atoms with Crippen molar-refractivity contribution in [1.29, 1.82) is 0 Å². The minimum absolute atomic E-state index is 0.0936. The maximum Gasteiger partial charge on any atom is 0.227 e. The van der Waals surface area contributed by atoms with E-state index in [0.717, 1.165) is 0 Å². The van der Waals surface area contributed by atoms with Gasteiger partial charge < -0.3 is 10.6 Å². The van der Waals surface area contributed by atoms with E-state index in [0.29, 0.717) is 23.5 Å². The molecule has 0 aliphatic carbocycles. The van der Waals surface area contributed by atoms with Crippen LogP contribution in [0.2, 0.25) is 0 Å². The van der Waals surface area contributed by atoms with Gasteiger partial charge in [-0.15, -0.1) is 0 Å². The lowest BCUT2D eigenvalue weighted by molar-refractivity contribution is -0.128. The van der Waals surface area contributed by atoms with Crippen LogP contribution in [0.1, 0.15) is 27.2 Å². The molecule has 0 aliphatic heterocycles. The molecule has 1 rings (SSSR count). The number of amides is 1. The van der Waals surface area contributed by atoms with Gasteiger partial charge in [0.2, 0.25) is 5.91 Å². The van der Waals surface area contributed by atoms with Crippen molar-refractivity contribution in [3.63, 3.8) is 0 Å². The molecule has 0 atom stereocenters. The van der Waals surface area contributed by atoms with Crippen LogP contribution in [-0.2, 0) is 14.6 Å². The average Bonchev–Trinajstić information content (AvgIpc) is 2.44. The molecule has 1 amide bonds. The van der Waals surface area contributed by atoms with Crippen LogP contribution >= 0.6 is 0 Å². The summed E-state index contributed by atoms with van der Waals surface area (Å²) in [6, 6.07) is 6.81. The number of benzene rings is 1. The standard InChI is InChI=1S/C15H24N2O3S/c1-5-10-21(19,20)13-9-7-6-8-12(13)17-11-15(2,3)14(18)16-4/h6-9,17H,5,10-11H2,1-4H3,(H,16,18). The Bertz CT molecular complexity index is 595. The second kappa shape index (κ2) is 6.93. The van der Waals surface area contributed by atoms with Gasteiger partial charge in [0, 0.05) is 13.6 Å². The molecular formula is C15H24N2O3S. The van der Waals surface area contributed by atoms with Gasteiger partial charge in [-0.05, 0) is 32.4 Å². The molecule has 118 valence electrons. The van der Waals surface area contributed by atoms with Crippen molar-refractivity contribution in [2.45, 2.75) is 32.1 Å². The molecule has 0 aliphatic rings. The lowest BCUT2D eigenvalue weighted by Crippen LogP contribution is -2.39. The topological polar surface area (TPSA) is 75.3 Å². The number of anilines is 1. The summed E-state index contributed by atoms with van der Waals surface area (Å²) in [5.41, 5.74) is -0.0842. The fraction of sp³-hybridized carbons (Fsp3) is 0.533. The van der Waals surface area contributed by atoms with Gasteiger partial charge in [0.05, 0.1) is 21.8 Å². The maximum absolute atomic E-state index is 12.2. The molecule has 21 heavy (non-hydrogen) atoms. The number of carbonyl (C=O) groups excluding carboxylic acids is 1. The Kier molecular flexibility index (Phi) is 5.78. The number of carbonyl (C=O) groups is 1. The number of sulfone groups is 1. The van der Waals surface area contributed by atoms with E-state index in [4.69, 9.17) is 0 Å². The van der Waals surface area contributed by atoms with Crippen LogP contribution in [0.15, 0.2) is 29.2 Å². The fourth-order valence-corrected chi connectivity index (χ4v) is 3.52. The molecule has 1 aromatic carbocycles. The van der Waals surface area contributed by atoms with Gasteiger partial charge in [0.1, 0.15) is 0 Å². The average molecular weight is 312 g/mol.